The molecule has 4 nitrogen and oxygen atoms in total. The van der Waals surface area contributed by atoms with Crippen LogP contribution in [0.4, 0.5) is 0 Å². The number of rotatable bonds is 5. The van der Waals surface area contributed by atoms with Crippen LogP contribution in [0.25, 0.3) is 0 Å². The average molecular weight is 259 g/mol. The standard InChI is InChI=1S/C12H25N3OS/c1-3-16-11-4-6-13-12(17)15-8-5-7-14(2)9-10-15/h3-11H2,1-2H3,(H,13,17). The molecule has 0 radical (unpaired) electrons. The van der Waals surface area contributed by atoms with Crippen molar-refractivity contribution >= 4 is 17.3 Å². The first-order chi connectivity index (χ1) is 8.24. The maximum Gasteiger partial charge on any atom is 0.168 e. The summed E-state index contributed by atoms with van der Waals surface area (Å²) < 4.78 is 5.29. The Labute approximate surface area is 110 Å². The minimum atomic E-state index is 0.795. The lowest BCUT2D eigenvalue weighted by atomic mass is 10.4. The van der Waals surface area contributed by atoms with Crippen molar-refractivity contribution in [3.63, 3.8) is 0 Å². The first-order valence-corrected chi connectivity index (χ1v) is 6.94. The van der Waals surface area contributed by atoms with Gasteiger partial charge in [-0.1, -0.05) is 0 Å². The van der Waals surface area contributed by atoms with Crippen LogP contribution < -0.4 is 5.32 Å². The van der Waals surface area contributed by atoms with Gasteiger partial charge in [-0.25, -0.2) is 0 Å². The van der Waals surface area contributed by atoms with Gasteiger partial charge in [0.05, 0.1) is 0 Å². The van der Waals surface area contributed by atoms with Gasteiger partial charge in [-0.3, -0.25) is 0 Å². The summed E-state index contributed by atoms with van der Waals surface area (Å²) >= 11 is 5.41. The van der Waals surface area contributed by atoms with Crippen molar-refractivity contribution < 1.29 is 4.74 Å². The minimum absolute atomic E-state index is 0.795. The predicted octanol–water partition coefficient (Wildman–Crippen LogP) is 0.925. The highest BCUT2D eigenvalue weighted by Crippen LogP contribution is 2.01. The molecule has 0 aromatic rings. The molecule has 1 aliphatic rings. The van der Waals surface area contributed by atoms with E-state index in [2.05, 4.69) is 22.2 Å². The summed E-state index contributed by atoms with van der Waals surface area (Å²) in [4.78, 5) is 4.64. The number of hydrogen-bond donors (Lipinski definition) is 1. The number of thiocarbonyl (C=S) groups is 1. The van der Waals surface area contributed by atoms with Gasteiger partial charge in [0.25, 0.3) is 0 Å². The Balaban J connectivity index is 2.13. The highest BCUT2D eigenvalue weighted by Gasteiger charge is 2.13. The predicted molar refractivity (Wildman–Crippen MR) is 75.4 cm³/mol. The van der Waals surface area contributed by atoms with Crippen LogP contribution in [0.15, 0.2) is 0 Å². The third-order valence-electron chi connectivity index (χ3n) is 2.95. The molecular formula is C12H25N3OS. The third-order valence-corrected chi connectivity index (χ3v) is 3.36. The van der Waals surface area contributed by atoms with Crippen molar-refractivity contribution in [1.82, 2.24) is 15.1 Å². The van der Waals surface area contributed by atoms with Gasteiger partial charge in [-0.2, -0.15) is 0 Å². The number of hydrogen-bond acceptors (Lipinski definition) is 3. The molecule has 1 N–H and O–H groups in total. The summed E-state index contributed by atoms with van der Waals surface area (Å²) in [6, 6.07) is 0. The van der Waals surface area contributed by atoms with Crippen LogP contribution in [0.3, 0.4) is 0 Å². The summed E-state index contributed by atoms with van der Waals surface area (Å²) in [5.41, 5.74) is 0. The molecular weight excluding hydrogens is 234 g/mol. The summed E-state index contributed by atoms with van der Waals surface area (Å²) in [6.45, 7) is 8.91. The molecule has 0 aromatic heterocycles. The SMILES string of the molecule is CCOCCCNC(=S)N1CCCN(C)CC1. The Morgan fingerprint density at radius 2 is 2.12 bits per heavy atom. The summed E-state index contributed by atoms with van der Waals surface area (Å²) in [7, 11) is 2.17. The fourth-order valence-electron chi connectivity index (χ4n) is 1.88. The lowest BCUT2D eigenvalue weighted by Gasteiger charge is -2.24. The lowest BCUT2D eigenvalue weighted by Crippen LogP contribution is -2.42. The van der Waals surface area contributed by atoms with Crippen LogP contribution in [0.5, 0.6) is 0 Å². The first kappa shape index (κ1) is 14.7. The van der Waals surface area contributed by atoms with Gasteiger partial charge in [-0.05, 0) is 45.6 Å². The zero-order valence-electron chi connectivity index (χ0n) is 11.1. The van der Waals surface area contributed by atoms with Crippen LogP contribution in [0.1, 0.15) is 19.8 Å². The quantitative estimate of drug-likeness (QED) is 0.585. The zero-order valence-corrected chi connectivity index (χ0v) is 11.9. The molecule has 1 fully saturated rings. The van der Waals surface area contributed by atoms with Crippen LogP contribution in [0, 0.1) is 0 Å². The van der Waals surface area contributed by atoms with Gasteiger partial charge in [-0.15, -0.1) is 0 Å². The summed E-state index contributed by atoms with van der Waals surface area (Å²) in [6.07, 6.45) is 2.21. The fourth-order valence-corrected chi connectivity index (χ4v) is 2.16. The topological polar surface area (TPSA) is 27.7 Å². The summed E-state index contributed by atoms with van der Waals surface area (Å²) in [5.74, 6) is 0. The highest BCUT2D eigenvalue weighted by molar-refractivity contribution is 7.80. The fraction of sp³-hybridized carbons (Fsp3) is 0.917. The van der Waals surface area contributed by atoms with Crippen molar-refractivity contribution in [3.8, 4) is 0 Å². The second-order valence-electron chi connectivity index (χ2n) is 4.43. The van der Waals surface area contributed by atoms with E-state index in [4.69, 9.17) is 17.0 Å². The van der Waals surface area contributed by atoms with E-state index in [0.717, 1.165) is 50.9 Å². The maximum absolute atomic E-state index is 5.41. The minimum Gasteiger partial charge on any atom is -0.382 e. The van der Waals surface area contributed by atoms with Crippen molar-refractivity contribution in [2.24, 2.45) is 0 Å². The van der Waals surface area contributed by atoms with Crippen molar-refractivity contribution in [2.45, 2.75) is 19.8 Å². The molecule has 5 heteroatoms. The van der Waals surface area contributed by atoms with Gasteiger partial charge >= 0.3 is 0 Å². The number of ether oxygens (including phenoxy) is 1. The van der Waals surface area contributed by atoms with E-state index in [1.807, 2.05) is 6.92 Å². The molecule has 0 atom stereocenters. The molecule has 0 unspecified atom stereocenters. The van der Waals surface area contributed by atoms with Gasteiger partial charge in [0, 0.05) is 39.4 Å². The van der Waals surface area contributed by atoms with E-state index in [-0.39, 0.29) is 0 Å². The molecule has 0 amide bonds. The van der Waals surface area contributed by atoms with E-state index in [1.165, 1.54) is 13.0 Å². The molecule has 0 spiro atoms. The normalized spacial score (nSPS) is 17.9. The van der Waals surface area contributed by atoms with Gasteiger partial charge in [0.1, 0.15) is 0 Å². The molecule has 0 saturated carbocycles. The molecule has 1 heterocycles. The van der Waals surface area contributed by atoms with Crippen LogP contribution in [-0.2, 0) is 4.74 Å². The average Bonchev–Trinajstić information content (AvgIpc) is 2.53. The van der Waals surface area contributed by atoms with E-state index >= 15 is 0 Å². The van der Waals surface area contributed by atoms with Gasteiger partial charge in [0.15, 0.2) is 5.11 Å². The van der Waals surface area contributed by atoms with Crippen molar-refractivity contribution in [3.05, 3.63) is 0 Å². The second kappa shape index (κ2) is 8.66. The number of likely N-dealkylation sites (N-methyl/N-ethyl adjacent to an activating group) is 1. The Morgan fingerprint density at radius 3 is 2.88 bits per heavy atom. The molecule has 0 aromatic carbocycles. The van der Waals surface area contributed by atoms with E-state index < -0.39 is 0 Å². The zero-order chi connectivity index (χ0) is 12.5. The monoisotopic (exact) mass is 259 g/mol. The molecule has 0 bridgehead atoms. The first-order valence-electron chi connectivity index (χ1n) is 6.53. The Kier molecular flexibility index (Phi) is 7.48. The Hall–Kier alpha value is -0.390. The van der Waals surface area contributed by atoms with Crippen LogP contribution in [0.2, 0.25) is 0 Å². The van der Waals surface area contributed by atoms with Gasteiger partial charge < -0.3 is 19.9 Å². The maximum atomic E-state index is 5.41. The highest BCUT2D eigenvalue weighted by atomic mass is 32.1. The molecule has 1 aliphatic heterocycles. The van der Waals surface area contributed by atoms with E-state index in [9.17, 15) is 0 Å². The molecule has 1 rings (SSSR count). The Morgan fingerprint density at radius 1 is 1.29 bits per heavy atom. The molecule has 0 aliphatic carbocycles. The molecule has 17 heavy (non-hydrogen) atoms. The van der Waals surface area contributed by atoms with Gasteiger partial charge in [0.2, 0.25) is 0 Å². The molecule has 1 saturated heterocycles. The second-order valence-corrected chi connectivity index (χ2v) is 4.81. The van der Waals surface area contributed by atoms with Crippen LogP contribution in [-0.4, -0.2) is 67.9 Å². The van der Waals surface area contributed by atoms with E-state index in [1.54, 1.807) is 0 Å². The largest absolute Gasteiger partial charge is 0.382 e. The molecule has 100 valence electrons. The number of nitrogens with zero attached hydrogens (tertiary/aromatic N) is 2. The lowest BCUT2D eigenvalue weighted by molar-refractivity contribution is 0.145. The number of nitrogens with one attached hydrogen (secondary N) is 1. The van der Waals surface area contributed by atoms with E-state index in [0.29, 0.717) is 0 Å². The Bertz CT molecular complexity index is 226. The smallest absolute Gasteiger partial charge is 0.168 e. The summed E-state index contributed by atoms with van der Waals surface area (Å²) in [5, 5.41) is 4.21. The third kappa shape index (κ3) is 6.19. The van der Waals surface area contributed by atoms with Crippen molar-refractivity contribution in [1.29, 1.82) is 0 Å². The van der Waals surface area contributed by atoms with Crippen molar-refractivity contribution in [2.75, 3.05) is 53.0 Å². The van der Waals surface area contributed by atoms with Crippen LogP contribution >= 0.6 is 12.2 Å².